The van der Waals surface area contributed by atoms with Crippen molar-refractivity contribution in [3.05, 3.63) is 27.0 Å². The Morgan fingerprint density at radius 3 is 2.48 bits per heavy atom. The van der Waals surface area contributed by atoms with Crippen LogP contribution in [-0.4, -0.2) is 41.1 Å². The molecule has 0 aliphatic heterocycles. The smallest absolute Gasteiger partial charge is 0.326 e. The van der Waals surface area contributed by atoms with E-state index in [1.807, 2.05) is 0 Å². The van der Waals surface area contributed by atoms with Gasteiger partial charge in [-0.25, -0.2) is 9.78 Å². The highest BCUT2D eigenvalue weighted by atomic mass is 35.5. The maximum atomic E-state index is 11.9. The number of amides is 1. The van der Waals surface area contributed by atoms with Gasteiger partial charge in [0.05, 0.1) is 28.6 Å². The molecule has 1 heterocycles. The van der Waals surface area contributed by atoms with Gasteiger partial charge in [-0.15, -0.1) is 0 Å². The molecule has 1 rings (SSSR count). The highest BCUT2D eigenvalue weighted by molar-refractivity contribution is 6.48. The number of nitrogens with zero attached hydrogens (tertiary/aromatic N) is 1. The predicted octanol–water partition coefficient (Wildman–Crippen LogP) is 1.79. The Bertz CT molecular complexity index is 593. The molecule has 0 spiro atoms. The topological polar surface area (TPSA) is 106 Å². The number of pyridine rings is 1. The highest BCUT2D eigenvalue weighted by Crippen LogP contribution is 2.31. The monoisotopic (exact) mass is 354 g/mol. The van der Waals surface area contributed by atoms with E-state index in [1.165, 1.54) is 0 Å². The predicted molar refractivity (Wildman–Crippen MR) is 74.8 cm³/mol. The van der Waals surface area contributed by atoms with E-state index in [4.69, 9.17) is 39.9 Å². The normalized spacial score (nSPS) is 11.6. The van der Waals surface area contributed by atoms with Crippen molar-refractivity contribution < 1.29 is 24.2 Å². The Labute approximate surface area is 134 Å². The molecule has 0 bridgehead atoms. The Balaban J connectivity index is 2.95. The number of esters is 1. The minimum atomic E-state index is -1.49. The molecule has 1 amide bonds. The SMILES string of the molecule is COC(=O)C[C@H](NC(=O)c1ncc(Cl)c(Cl)c1Cl)C(=O)O. The maximum absolute atomic E-state index is 11.9. The number of hydrogen-bond donors (Lipinski definition) is 2. The summed E-state index contributed by atoms with van der Waals surface area (Å²) in [5, 5.41) is 10.8. The number of halogens is 3. The molecule has 1 aromatic heterocycles. The first kappa shape index (κ1) is 17.5. The summed E-state index contributed by atoms with van der Waals surface area (Å²) in [5.74, 6) is -3.12. The first-order valence-corrected chi connectivity index (χ1v) is 6.51. The zero-order valence-corrected chi connectivity index (χ0v) is 12.8. The molecule has 2 N–H and O–H groups in total. The van der Waals surface area contributed by atoms with E-state index in [0.29, 0.717) is 0 Å². The zero-order chi connectivity index (χ0) is 16.2. The third-order valence-electron chi connectivity index (χ3n) is 2.33. The minimum Gasteiger partial charge on any atom is -0.480 e. The van der Waals surface area contributed by atoms with Crippen LogP contribution in [0.4, 0.5) is 0 Å². The molecular formula is C11H9Cl3N2O5. The van der Waals surface area contributed by atoms with Crippen molar-refractivity contribution in [1.29, 1.82) is 0 Å². The van der Waals surface area contributed by atoms with Crippen LogP contribution < -0.4 is 5.32 Å². The van der Waals surface area contributed by atoms with Crippen LogP contribution in [0.1, 0.15) is 16.9 Å². The Morgan fingerprint density at radius 1 is 1.33 bits per heavy atom. The summed E-state index contributed by atoms with van der Waals surface area (Å²) >= 11 is 17.2. The maximum Gasteiger partial charge on any atom is 0.326 e. The van der Waals surface area contributed by atoms with Crippen molar-refractivity contribution in [3.8, 4) is 0 Å². The minimum absolute atomic E-state index is 0.0440. The Kier molecular flexibility index (Phi) is 6.19. The van der Waals surface area contributed by atoms with E-state index in [1.54, 1.807) is 0 Å². The number of ether oxygens (including phenoxy) is 1. The summed E-state index contributed by atoms with van der Waals surface area (Å²) in [4.78, 5) is 37.7. The molecule has 0 aromatic carbocycles. The number of aromatic nitrogens is 1. The van der Waals surface area contributed by atoms with Gasteiger partial charge in [-0.05, 0) is 0 Å². The van der Waals surface area contributed by atoms with Gasteiger partial charge >= 0.3 is 11.9 Å². The Morgan fingerprint density at radius 2 is 1.95 bits per heavy atom. The van der Waals surface area contributed by atoms with Crippen molar-refractivity contribution in [2.45, 2.75) is 12.5 Å². The quantitative estimate of drug-likeness (QED) is 0.780. The lowest BCUT2D eigenvalue weighted by molar-refractivity contribution is -0.147. The number of nitrogens with one attached hydrogen (secondary N) is 1. The molecule has 114 valence electrons. The number of carboxylic acid groups (broad SMARTS) is 1. The van der Waals surface area contributed by atoms with Crippen molar-refractivity contribution in [3.63, 3.8) is 0 Å². The van der Waals surface area contributed by atoms with Crippen LogP contribution in [0.15, 0.2) is 6.20 Å². The van der Waals surface area contributed by atoms with E-state index in [2.05, 4.69) is 15.0 Å². The number of carbonyl (C=O) groups excluding carboxylic acids is 2. The van der Waals surface area contributed by atoms with Crippen LogP contribution in [-0.2, 0) is 14.3 Å². The van der Waals surface area contributed by atoms with Gasteiger partial charge in [0.1, 0.15) is 11.7 Å². The molecule has 0 unspecified atom stereocenters. The van der Waals surface area contributed by atoms with E-state index in [0.717, 1.165) is 13.3 Å². The molecule has 0 aliphatic carbocycles. The number of methoxy groups -OCH3 is 1. The van der Waals surface area contributed by atoms with E-state index >= 15 is 0 Å². The van der Waals surface area contributed by atoms with Crippen LogP contribution in [0.25, 0.3) is 0 Å². The molecule has 10 heteroatoms. The van der Waals surface area contributed by atoms with Gasteiger partial charge in [0.25, 0.3) is 5.91 Å². The molecular weight excluding hydrogens is 346 g/mol. The van der Waals surface area contributed by atoms with E-state index < -0.39 is 30.3 Å². The third-order valence-corrected chi connectivity index (χ3v) is 3.57. The average Bonchev–Trinajstić information content (AvgIpc) is 2.43. The molecule has 21 heavy (non-hydrogen) atoms. The standard InChI is InChI=1S/C11H9Cl3N2O5/c1-21-6(17)2-5(11(19)20)16-10(18)9-8(14)7(13)4(12)3-15-9/h3,5H,2H2,1H3,(H,16,18)(H,19,20)/t5-/m0/s1. The summed E-state index contributed by atoms with van der Waals surface area (Å²) in [5.41, 5.74) is -0.304. The molecule has 0 radical (unpaired) electrons. The molecule has 0 saturated carbocycles. The zero-order valence-electron chi connectivity index (χ0n) is 10.5. The van der Waals surface area contributed by atoms with Crippen molar-refractivity contribution in [2.24, 2.45) is 0 Å². The van der Waals surface area contributed by atoms with Gasteiger partial charge in [0, 0.05) is 6.20 Å². The average molecular weight is 356 g/mol. The second kappa shape index (κ2) is 7.44. The number of carbonyl (C=O) groups is 3. The van der Waals surface area contributed by atoms with Crippen LogP contribution in [0, 0.1) is 0 Å². The van der Waals surface area contributed by atoms with E-state index in [-0.39, 0.29) is 20.8 Å². The number of hydrogen-bond acceptors (Lipinski definition) is 5. The van der Waals surface area contributed by atoms with Crippen LogP contribution >= 0.6 is 34.8 Å². The fraction of sp³-hybridized carbons (Fsp3) is 0.273. The van der Waals surface area contributed by atoms with Gasteiger partial charge in [-0.2, -0.15) is 0 Å². The summed E-state index contributed by atoms with van der Waals surface area (Å²) in [6.45, 7) is 0. The highest BCUT2D eigenvalue weighted by Gasteiger charge is 2.26. The van der Waals surface area contributed by atoms with Crippen molar-refractivity contribution >= 4 is 52.6 Å². The molecule has 0 fully saturated rings. The summed E-state index contributed by atoms with van der Waals surface area (Å²) in [6, 6.07) is -1.49. The first-order chi connectivity index (χ1) is 9.77. The van der Waals surface area contributed by atoms with Crippen molar-refractivity contribution in [1.82, 2.24) is 10.3 Å². The fourth-order valence-electron chi connectivity index (χ4n) is 1.28. The van der Waals surface area contributed by atoms with Gasteiger partial charge < -0.3 is 15.2 Å². The molecule has 7 nitrogen and oxygen atoms in total. The fourth-order valence-corrected chi connectivity index (χ4v) is 1.84. The lowest BCUT2D eigenvalue weighted by Gasteiger charge is -2.13. The van der Waals surface area contributed by atoms with Crippen LogP contribution in [0.5, 0.6) is 0 Å². The number of carboxylic acids is 1. The second-order valence-corrected chi connectivity index (χ2v) is 4.89. The van der Waals surface area contributed by atoms with Gasteiger partial charge in [0.2, 0.25) is 0 Å². The molecule has 0 saturated heterocycles. The molecule has 0 aliphatic rings. The van der Waals surface area contributed by atoms with Crippen molar-refractivity contribution in [2.75, 3.05) is 7.11 Å². The van der Waals surface area contributed by atoms with Gasteiger partial charge in [-0.1, -0.05) is 34.8 Å². The summed E-state index contributed by atoms with van der Waals surface area (Å²) in [6.07, 6.45) is 0.553. The lowest BCUT2D eigenvalue weighted by atomic mass is 10.2. The van der Waals surface area contributed by atoms with E-state index in [9.17, 15) is 14.4 Å². The Hall–Kier alpha value is -1.57. The third kappa shape index (κ3) is 4.45. The molecule has 1 atom stereocenters. The largest absolute Gasteiger partial charge is 0.480 e. The number of rotatable bonds is 5. The molecule has 1 aromatic rings. The van der Waals surface area contributed by atoms with Gasteiger partial charge in [0.15, 0.2) is 0 Å². The van der Waals surface area contributed by atoms with Gasteiger partial charge in [-0.3, -0.25) is 9.59 Å². The summed E-state index contributed by atoms with van der Waals surface area (Å²) in [7, 11) is 1.10. The lowest BCUT2D eigenvalue weighted by Crippen LogP contribution is -2.42. The second-order valence-electron chi connectivity index (χ2n) is 3.73. The number of aliphatic carboxylic acids is 1. The first-order valence-electron chi connectivity index (χ1n) is 5.37. The van der Waals surface area contributed by atoms with Crippen LogP contribution in [0.3, 0.4) is 0 Å². The summed E-state index contributed by atoms with van der Waals surface area (Å²) < 4.78 is 4.34. The van der Waals surface area contributed by atoms with Crippen LogP contribution in [0.2, 0.25) is 15.1 Å².